The van der Waals surface area contributed by atoms with E-state index in [2.05, 4.69) is 0 Å². The summed E-state index contributed by atoms with van der Waals surface area (Å²) in [5.41, 5.74) is 2.16. The Morgan fingerprint density at radius 1 is 0.944 bits per heavy atom. The fraction of sp³-hybridized carbons (Fsp3) is 0.138. The lowest BCUT2D eigenvalue weighted by Crippen LogP contribution is -2.17. The molecule has 5 nitrogen and oxygen atoms in total. The lowest BCUT2D eigenvalue weighted by Gasteiger charge is -2.10. The van der Waals surface area contributed by atoms with Crippen LogP contribution in [0.4, 0.5) is 4.39 Å². The molecular weight excluding hydrogens is 477 g/mol. The minimum atomic E-state index is -0.698. The average Bonchev–Trinajstić information content (AvgIpc) is 2.90. The Morgan fingerprint density at radius 3 is 2.58 bits per heavy atom. The second kappa shape index (κ2) is 10.7. The number of hydrogen-bond donors (Lipinski definition) is 0. The number of para-hydroxylation sites is 2. The highest BCUT2D eigenvalue weighted by molar-refractivity contribution is 7.99. The summed E-state index contributed by atoms with van der Waals surface area (Å²) in [6.45, 7) is 0.212. The van der Waals surface area contributed by atoms with Crippen LogP contribution in [0.5, 0.6) is 0 Å². The van der Waals surface area contributed by atoms with Gasteiger partial charge in [0, 0.05) is 21.2 Å². The summed E-state index contributed by atoms with van der Waals surface area (Å²) in [6.07, 6.45) is 1.47. The normalized spacial score (nSPS) is 11.1. The van der Waals surface area contributed by atoms with Crippen LogP contribution in [0.25, 0.3) is 33.1 Å². The molecule has 0 spiro atoms. The van der Waals surface area contributed by atoms with Crippen LogP contribution < -0.4 is 5.63 Å². The van der Waals surface area contributed by atoms with Crippen molar-refractivity contribution in [2.24, 2.45) is 0 Å². The summed E-state index contributed by atoms with van der Waals surface area (Å²) in [6, 6.07) is 24.8. The quantitative estimate of drug-likeness (QED) is 0.100. The molecule has 0 radical (unpaired) electrons. The maximum atomic E-state index is 13.4. The number of fused-ring (bicyclic) bond motifs is 2. The van der Waals surface area contributed by atoms with Gasteiger partial charge in [-0.1, -0.05) is 36.4 Å². The molecule has 0 amide bonds. The number of pyridine rings is 1. The zero-order chi connectivity index (χ0) is 24.9. The minimum Gasteiger partial charge on any atom is -0.462 e. The second-order valence-corrected chi connectivity index (χ2v) is 9.34. The zero-order valence-electron chi connectivity index (χ0n) is 19.3. The van der Waals surface area contributed by atoms with Gasteiger partial charge in [-0.15, -0.1) is 11.8 Å². The highest BCUT2D eigenvalue weighted by Gasteiger charge is 2.15. The average molecular weight is 500 g/mol. The Hall–Kier alpha value is -3.97. The second-order valence-electron chi connectivity index (χ2n) is 8.21. The van der Waals surface area contributed by atoms with Gasteiger partial charge in [-0.3, -0.25) is 0 Å². The van der Waals surface area contributed by atoms with Gasteiger partial charge in [-0.25, -0.2) is 19.0 Å². The maximum absolute atomic E-state index is 13.4. The molecule has 2 aromatic heterocycles. The number of ether oxygens (including phenoxy) is 1. The maximum Gasteiger partial charge on any atom is 0.351 e. The van der Waals surface area contributed by atoms with Crippen molar-refractivity contribution >= 4 is 39.6 Å². The van der Waals surface area contributed by atoms with Gasteiger partial charge >= 0.3 is 11.6 Å². The predicted octanol–water partition coefficient (Wildman–Crippen LogP) is 6.88. The number of unbranched alkanes of at least 4 members (excludes halogenated alkanes) is 1. The first-order chi connectivity index (χ1) is 17.6. The van der Waals surface area contributed by atoms with E-state index in [-0.39, 0.29) is 18.0 Å². The molecule has 0 N–H and O–H groups in total. The molecule has 0 atom stereocenters. The monoisotopic (exact) mass is 499 g/mol. The van der Waals surface area contributed by atoms with Crippen molar-refractivity contribution in [1.82, 2.24) is 4.98 Å². The standard InChI is InChI=1S/C29H22FNO4S/c30-21-13-11-19(12-14-21)25-18-27(22-8-2-3-9-24(22)31-25)36-16-6-5-15-34-28(32)23-17-20-7-1-4-10-26(20)35-29(23)33/h1-4,7-14,17-18H,5-6,15-16H2. The minimum absolute atomic E-state index is 0.0975. The molecule has 0 saturated heterocycles. The Kier molecular flexibility index (Phi) is 7.09. The van der Waals surface area contributed by atoms with E-state index in [9.17, 15) is 14.0 Å². The van der Waals surface area contributed by atoms with Crippen LogP contribution in [0.1, 0.15) is 23.2 Å². The molecule has 0 aliphatic rings. The molecule has 7 heteroatoms. The van der Waals surface area contributed by atoms with E-state index in [0.29, 0.717) is 17.4 Å². The Morgan fingerprint density at radius 2 is 1.72 bits per heavy atom. The van der Waals surface area contributed by atoms with Gasteiger partial charge in [-0.05, 0) is 67.1 Å². The smallest absolute Gasteiger partial charge is 0.351 e. The van der Waals surface area contributed by atoms with Gasteiger partial charge in [0.15, 0.2) is 0 Å². The number of carbonyl (C=O) groups excluding carboxylic acids is 1. The van der Waals surface area contributed by atoms with Crippen LogP contribution >= 0.6 is 11.8 Å². The number of halogens is 1. The summed E-state index contributed by atoms with van der Waals surface area (Å²) < 4.78 is 23.9. The van der Waals surface area contributed by atoms with E-state index >= 15 is 0 Å². The summed E-state index contributed by atoms with van der Waals surface area (Å²) >= 11 is 1.70. The van der Waals surface area contributed by atoms with E-state index in [1.165, 1.54) is 18.2 Å². The number of nitrogens with zero attached hydrogens (tertiary/aromatic N) is 1. The molecule has 0 bridgehead atoms. The van der Waals surface area contributed by atoms with Gasteiger partial charge < -0.3 is 9.15 Å². The number of thioether (sulfide) groups is 1. The molecule has 0 saturated carbocycles. The topological polar surface area (TPSA) is 69.4 Å². The van der Waals surface area contributed by atoms with Crippen molar-refractivity contribution < 1.29 is 18.3 Å². The van der Waals surface area contributed by atoms with E-state index in [0.717, 1.165) is 39.2 Å². The largest absolute Gasteiger partial charge is 0.462 e. The molecule has 0 aliphatic carbocycles. The van der Waals surface area contributed by atoms with Crippen LogP contribution in [0.2, 0.25) is 0 Å². The van der Waals surface area contributed by atoms with Gasteiger partial charge in [0.1, 0.15) is 17.0 Å². The van der Waals surface area contributed by atoms with Crippen molar-refractivity contribution in [1.29, 1.82) is 0 Å². The van der Waals surface area contributed by atoms with Crippen molar-refractivity contribution in [2.45, 2.75) is 17.7 Å². The summed E-state index contributed by atoms with van der Waals surface area (Å²) in [5.74, 6) is -0.144. The number of carbonyl (C=O) groups is 1. The molecular formula is C29H22FNO4S. The highest BCUT2D eigenvalue weighted by atomic mass is 32.2. The first-order valence-corrected chi connectivity index (χ1v) is 12.6. The zero-order valence-corrected chi connectivity index (χ0v) is 20.1. The van der Waals surface area contributed by atoms with Crippen LogP contribution in [0.15, 0.2) is 99.0 Å². The number of esters is 1. The molecule has 36 heavy (non-hydrogen) atoms. The van der Waals surface area contributed by atoms with Gasteiger partial charge in [0.25, 0.3) is 0 Å². The van der Waals surface area contributed by atoms with E-state index < -0.39 is 11.6 Å². The van der Waals surface area contributed by atoms with Crippen molar-refractivity contribution in [3.05, 3.63) is 107 Å². The SMILES string of the molecule is O=C(OCCCCSc1cc(-c2ccc(F)cc2)nc2ccccc12)c1cc2ccccc2oc1=O. The van der Waals surface area contributed by atoms with Crippen molar-refractivity contribution in [2.75, 3.05) is 12.4 Å². The lowest BCUT2D eigenvalue weighted by atomic mass is 10.1. The lowest BCUT2D eigenvalue weighted by molar-refractivity contribution is 0.0495. The fourth-order valence-electron chi connectivity index (χ4n) is 3.86. The molecule has 3 aromatic carbocycles. The van der Waals surface area contributed by atoms with E-state index in [1.54, 1.807) is 42.1 Å². The first kappa shape index (κ1) is 23.8. The van der Waals surface area contributed by atoms with Crippen LogP contribution in [-0.2, 0) is 4.74 Å². The van der Waals surface area contributed by atoms with Crippen LogP contribution in [-0.4, -0.2) is 23.3 Å². The van der Waals surface area contributed by atoms with Crippen LogP contribution in [0, 0.1) is 5.82 Å². The summed E-state index contributed by atoms with van der Waals surface area (Å²) in [7, 11) is 0. The van der Waals surface area contributed by atoms with Crippen molar-refractivity contribution in [3.8, 4) is 11.3 Å². The number of hydrogen-bond acceptors (Lipinski definition) is 6. The molecule has 0 fully saturated rings. The molecule has 5 rings (SSSR count). The Balaban J connectivity index is 1.19. The number of rotatable bonds is 8. The van der Waals surface area contributed by atoms with E-state index in [1.807, 2.05) is 36.4 Å². The van der Waals surface area contributed by atoms with Crippen LogP contribution in [0.3, 0.4) is 0 Å². The first-order valence-electron chi connectivity index (χ1n) is 11.6. The third-order valence-corrected chi connectivity index (χ3v) is 6.85. The Labute approximate surface area is 210 Å². The molecule has 0 unspecified atom stereocenters. The summed E-state index contributed by atoms with van der Waals surface area (Å²) in [4.78, 5) is 30.3. The van der Waals surface area contributed by atoms with Gasteiger partial charge in [0.05, 0.1) is 17.8 Å². The third kappa shape index (κ3) is 5.31. The summed E-state index contributed by atoms with van der Waals surface area (Å²) in [5, 5.41) is 1.73. The van der Waals surface area contributed by atoms with Gasteiger partial charge in [0.2, 0.25) is 0 Å². The number of benzene rings is 3. The Bertz CT molecular complexity index is 1600. The van der Waals surface area contributed by atoms with E-state index in [4.69, 9.17) is 14.1 Å². The predicted molar refractivity (Wildman–Crippen MR) is 140 cm³/mol. The third-order valence-electron chi connectivity index (χ3n) is 5.71. The highest BCUT2D eigenvalue weighted by Crippen LogP contribution is 2.32. The molecule has 5 aromatic rings. The fourth-order valence-corrected chi connectivity index (χ4v) is 4.96. The molecule has 180 valence electrons. The molecule has 0 aliphatic heterocycles. The molecule has 2 heterocycles. The van der Waals surface area contributed by atoms with Gasteiger partial charge in [-0.2, -0.15) is 0 Å². The van der Waals surface area contributed by atoms with Crippen molar-refractivity contribution in [3.63, 3.8) is 0 Å². The number of aromatic nitrogens is 1.